The van der Waals surface area contributed by atoms with Crippen LogP contribution in [0, 0.1) is 11.8 Å². The Hall–Kier alpha value is -2.16. The lowest BCUT2D eigenvalue weighted by Gasteiger charge is -2.32. The second kappa shape index (κ2) is 11.0. The molecule has 0 aromatic carbocycles. The lowest BCUT2D eigenvalue weighted by molar-refractivity contribution is -0.143. The van der Waals surface area contributed by atoms with Crippen molar-refractivity contribution in [3.8, 4) is 0 Å². The number of rotatable bonds is 10. The minimum Gasteiger partial charge on any atom is -0.480 e. The molecule has 3 amide bonds. The first-order valence-electron chi connectivity index (χ1n) is 9.94. The van der Waals surface area contributed by atoms with Crippen LogP contribution in [0.5, 0.6) is 0 Å². The van der Waals surface area contributed by atoms with E-state index in [1.807, 2.05) is 27.7 Å². The molecule has 0 saturated carbocycles. The summed E-state index contributed by atoms with van der Waals surface area (Å²) in [5, 5.41) is 13.8. The van der Waals surface area contributed by atoms with Crippen molar-refractivity contribution in [3.05, 3.63) is 0 Å². The van der Waals surface area contributed by atoms with E-state index in [0.717, 1.165) is 0 Å². The smallest absolute Gasteiger partial charge is 0.322 e. The first-order valence-corrected chi connectivity index (χ1v) is 9.94. The first kappa shape index (κ1) is 23.9. The van der Waals surface area contributed by atoms with Crippen molar-refractivity contribution >= 4 is 23.7 Å². The molecule has 28 heavy (non-hydrogen) atoms. The fourth-order valence-corrected chi connectivity index (χ4v) is 3.32. The summed E-state index contributed by atoms with van der Waals surface area (Å²) in [5.74, 6) is -2.22. The van der Waals surface area contributed by atoms with E-state index in [-0.39, 0.29) is 23.7 Å². The SMILES string of the molecule is CCC(C)C(NC(=O)C(N)CC(C)C)C(=O)N1CCCC1C(=O)NCC(=O)O. The molecule has 1 saturated heterocycles. The van der Waals surface area contributed by atoms with Gasteiger partial charge in [-0.25, -0.2) is 0 Å². The first-order chi connectivity index (χ1) is 13.1. The quantitative estimate of drug-likeness (QED) is 0.411. The number of aliphatic carboxylic acids is 1. The van der Waals surface area contributed by atoms with Gasteiger partial charge in [0.25, 0.3) is 0 Å². The van der Waals surface area contributed by atoms with Gasteiger partial charge in [0, 0.05) is 6.54 Å². The Morgan fingerprint density at radius 1 is 1.21 bits per heavy atom. The molecule has 5 N–H and O–H groups in total. The van der Waals surface area contributed by atoms with Gasteiger partial charge in [0.2, 0.25) is 17.7 Å². The summed E-state index contributed by atoms with van der Waals surface area (Å²) in [6.07, 6.45) is 2.28. The molecular formula is C19H34N4O5. The standard InChI is InChI=1S/C19H34N4O5/c1-5-12(4)16(22-17(26)13(20)9-11(2)3)19(28)23-8-6-7-14(23)18(27)21-10-15(24)25/h11-14,16H,5-10,20H2,1-4H3,(H,21,27)(H,22,26)(H,24,25). The van der Waals surface area contributed by atoms with Gasteiger partial charge in [-0.05, 0) is 31.1 Å². The zero-order valence-corrected chi connectivity index (χ0v) is 17.2. The number of carboxylic acid groups (broad SMARTS) is 1. The number of nitrogens with zero attached hydrogens (tertiary/aromatic N) is 1. The van der Waals surface area contributed by atoms with Gasteiger partial charge >= 0.3 is 5.97 Å². The number of carbonyl (C=O) groups is 4. The van der Waals surface area contributed by atoms with Crippen LogP contribution in [0.15, 0.2) is 0 Å². The summed E-state index contributed by atoms with van der Waals surface area (Å²) in [4.78, 5) is 50.0. The topological polar surface area (TPSA) is 142 Å². The molecule has 160 valence electrons. The second-order valence-corrected chi connectivity index (χ2v) is 7.91. The molecule has 1 heterocycles. The van der Waals surface area contributed by atoms with E-state index in [4.69, 9.17) is 10.8 Å². The van der Waals surface area contributed by atoms with Gasteiger partial charge in [0.05, 0.1) is 6.04 Å². The predicted molar refractivity (Wildman–Crippen MR) is 104 cm³/mol. The highest BCUT2D eigenvalue weighted by molar-refractivity contribution is 5.94. The molecule has 4 atom stereocenters. The van der Waals surface area contributed by atoms with E-state index in [9.17, 15) is 19.2 Å². The van der Waals surface area contributed by atoms with Crippen LogP contribution in [0.4, 0.5) is 0 Å². The van der Waals surface area contributed by atoms with Gasteiger partial charge in [0.1, 0.15) is 18.6 Å². The molecule has 1 aliphatic heterocycles. The molecule has 1 rings (SSSR count). The van der Waals surface area contributed by atoms with Gasteiger partial charge in [0.15, 0.2) is 0 Å². The molecule has 9 nitrogen and oxygen atoms in total. The number of hydrogen-bond acceptors (Lipinski definition) is 5. The summed E-state index contributed by atoms with van der Waals surface area (Å²) >= 11 is 0. The zero-order valence-electron chi connectivity index (χ0n) is 17.2. The normalized spacial score (nSPS) is 19.8. The van der Waals surface area contributed by atoms with Crippen molar-refractivity contribution in [2.75, 3.05) is 13.1 Å². The molecular weight excluding hydrogens is 364 g/mol. The molecule has 0 radical (unpaired) electrons. The Balaban J connectivity index is 2.89. The van der Waals surface area contributed by atoms with E-state index in [2.05, 4.69) is 10.6 Å². The number of nitrogens with one attached hydrogen (secondary N) is 2. The van der Waals surface area contributed by atoms with E-state index in [1.165, 1.54) is 4.90 Å². The van der Waals surface area contributed by atoms with E-state index in [1.54, 1.807) is 0 Å². The molecule has 1 aliphatic rings. The van der Waals surface area contributed by atoms with Crippen LogP contribution in [-0.4, -0.2) is 64.9 Å². The number of carboxylic acids is 1. The third-order valence-corrected chi connectivity index (χ3v) is 5.09. The van der Waals surface area contributed by atoms with E-state index >= 15 is 0 Å². The van der Waals surface area contributed by atoms with Gasteiger partial charge in [-0.15, -0.1) is 0 Å². The molecule has 9 heteroatoms. The lowest BCUT2D eigenvalue weighted by Crippen LogP contribution is -2.57. The van der Waals surface area contributed by atoms with Gasteiger partial charge in [-0.1, -0.05) is 34.1 Å². The summed E-state index contributed by atoms with van der Waals surface area (Å²) in [6.45, 7) is 7.63. The predicted octanol–water partition coefficient (Wildman–Crippen LogP) is 0.0825. The fraction of sp³-hybridized carbons (Fsp3) is 0.789. The maximum Gasteiger partial charge on any atom is 0.322 e. The molecule has 0 aromatic rings. The van der Waals surface area contributed by atoms with Crippen molar-refractivity contribution in [3.63, 3.8) is 0 Å². The average Bonchev–Trinajstić information content (AvgIpc) is 3.11. The number of carbonyl (C=O) groups excluding carboxylic acids is 3. The Kier molecular flexibility index (Phi) is 9.37. The van der Waals surface area contributed by atoms with Crippen LogP contribution in [-0.2, 0) is 19.2 Å². The lowest BCUT2D eigenvalue weighted by atomic mass is 9.96. The number of hydrogen-bond donors (Lipinski definition) is 4. The average molecular weight is 399 g/mol. The van der Waals surface area contributed by atoms with Crippen LogP contribution in [0.25, 0.3) is 0 Å². The second-order valence-electron chi connectivity index (χ2n) is 7.91. The van der Waals surface area contributed by atoms with Crippen LogP contribution in [0.2, 0.25) is 0 Å². The molecule has 1 fully saturated rings. The molecule has 4 unspecified atom stereocenters. The summed E-state index contributed by atoms with van der Waals surface area (Å²) < 4.78 is 0. The third kappa shape index (κ3) is 6.78. The van der Waals surface area contributed by atoms with Crippen molar-refractivity contribution in [2.24, 2.45) is 17.6 Å². The van der Waals surface area contributed by atoms with E-state index < -0.39 is 36.5 Å². The molecule has 0 bridgehead atoms. The Bertz CT molecular complexity index is 581. The Morgan fingerprint density at radius 2 is 1.86 bits per heavy atom. The van der Waals surface area contributed by atoms with Gasteiger partial charge in [-0.3, -0.25) is 19.2 Å². The monoisotopic (exact) mass is 398 g/mol. The highest BCUT2D eigenvalue weighted by Gasteiger charge is 2.39. The largest absolute Gasteiger partial charge is 0.480 e. The number of nitrogens with two attached hydrogens (primary N) is 1. The number of amides is 3. The summed E-state index contributed by atoms with van der Waals surface area (Å²) in [5.41, 5.74) is 5.95. The van der Waals surface area contributed by atoms with Crippen LogP contribution in [0.1, 0.15) is 53.4 Å². The summed E-state index contributed by atoms with van der Waals surface area (Å²) in [7, 11) is 0. The fourth-order valence-electron chi connectivity index (χ4n) is 3.32. The minimum absolute atomic E-state index is 0.133. The third-order valence-electron chi connectivity index (χ3n) is 5.09. The van der Waals surface area contributed by atoms with Crippen LogP contribution < -0.4 is 16.4 Å². The highest BCUT2D eigenvalue weighted by atomic mass is 16.4. The van der Waals surface area contributed by atoms with Crippen molar-refractivity contribution in [1.82, 2.24) is 15.5 Å². The van der Waals surface area contributed by atoms with Crippen molar-refractivity contribution in [2.45, 2.75) is 71.5 Å². The van der Waals surface area contributed by atoms with Gasteiger partial charge < -0.3 is 26.4 Å². The van der Waals surface area contributed by atoms with Crippen molar-refractivity contribution in [1.29, 1.82) is 0 Å². The Labute approximate surface area is 166 Å². The van der Waals surface area contributed by atoms with Crippen molar-refractivity contribution < 1.29 is 24.3 Å². The molecule has 0 aromatic heterocycles. The molecule has 0 aliphatic carbocycles. The minimum atomic E-state index is -1.15. The molecule has 0 spiro atoms. The van der Waals surface area contributed by atoms with Crippen LogP contribution >= 0.6 is 0 Å². The maximum absolute atomic E-state index is 13.2. The zero-order chi connectivity index (χ0) is 21.4. The number of likely N-dealkylation sites (tertiary alicyclic amines) is 1. The Morgan fingerprint density at radius 3 is 2.39 bits per heavy atom. The summed E-state index contributed by atoms with van der Waals surface area (Å²) in [6, 6.07) is -2.20. The highest BCUT2D eigenvalue weighted by Crippen LogP contribution is 2.21. The van der Waals surface area contributed by atoms with Crippen LogP contribution in [0.3, 0.4) is 0 Å². The van der Waals surface area contributed by atoms with E-state index in [0.29, 0.717) is 32.2 Å². The maximum atomic E-state index is 13.2. The van der Waals surface area contributed by atoms with Gasteiger partial charge in [-0.2, -0.15) is 0 Å².